The van der Waals surface area contributed by atoms with Gasteiger partial charge in [0, 0.05) is 12.4 Å². The first-order chi connectivity index (χ1) is 10.5. The van der Waals surface area contributed by atoms with E-state index in [1.54, 1.807) is 13.0 Å². The Morgan fingerprint density at radius 2 is 2.05 bits per heavy atom. The Morgan fingerprint density at radius 3 is 2.68 bits per heavy atom. The van der Waals surface area contributed by atoms with E-state index in [1.165, 1.54) is 37.6 Å². The standard InChI is InChI=1S/C15H15FN4O2/c1-9-3-4-12(11(16)7-9)20-14(21)10(2)19-15(22)13-8-17-5-6-18-13/h3-8,10H,1-2H3,(H,19,22)(H,20,21)/t10-/m0/s1. The molecule has 22 heavy (non-hydrogen) atoms. The van der Waals surface area contributed by atoms with Crippen molar-refractivity contribution < 1.29 is 14.0 Å². The highest BCUT2D eigenvalue weighted by Gasteiger charge is 2.18. The molecular weight excluding hydrogens is 287 g/mol. The normalized spacial score (nSPS) is 11.6. The van der Waals surface area contributed by atoms with Gasteiger partial charge in [0.15, 0.2) is 0 Å². The summed E-state index contributed by atoms with van der Waals surface area (Å²) in [5.41, 5.74) is 0.916. The van der Waals surface area contributed by atoms with Crippen molar-refractivity contribution in [2.45, 2.75) is 19.9 Å². The average Bonchev–Trinajstić information content (AvgIpc) is 2.50. The van der Waals surface area contributed by atoms with Gasteiger partial charge in [0.25, 0.3) is 5.91 Å². The molecule has 0 radical (unpaired) electrons. The topological polar surface area (TPSA) is 84.0 Å². The van der Waals surface area contributed by atoms with Gasteiger partial charge >= 0.3 is 0 Å². The van der Waals surface area contributed by atoms with Crippen LogP contribution in [0.1, 0.15) is 23.0 Å². The number of aromatic nitrogens is 2. The maximum atomic E-state index is 13.7. The molecule has 2 rings (SSSR count). The van der Waals surface area contributed by atoms with Gasteiger partial charge in [0.2, 0.25) is 5.91 Å². The number of anilines is 1. The minimum Gasteiger partial charge on any atom is -0.339 e. The van der Waals surface area contributed by atoms with Gasteiger partial charge in [-0.2, -0.15) is 0 Å². The zero-order valence-electron chi connectivity index (χ0n) is 12.1. The first-order valence-electron chi connectivity index (χ1n) is 6.61. The van der Waals surface area contributed by atoms with Crippen LogP contribution in [0, 0.1) is 12.7 Å². The highest BCUT2D eigenvalue weighted by molar-refractivity contribution is 6.00. The molecule has 0 fully saturated rings. The Bertz CT molecular complexity index is 691. The summed E-state index contributed by atoms with van der Waals surface area (Å²) in [6.45, 7) is 3.24. The molecule has 0 aliphatic carbocycles. The Hall–Kier alpha value is -2.83. The third kappa shape index (κ3) is 3.85. The summed E-state index contributed by atoms with van der Waals surface area (Å²) in [4.78, 5) is 31.4. The van der Waals surface area contributed by atoms with Crippen LogP contribution in [0.5, 0.6) is 0 Å². The monoisotopic (exact) mass is 302 g/mol. The van der Waals surface area contributed by atoms with Crippen molar-refractivity contribution in [1.82, 2.24) is 15.3 Å². The van der Waals surface area contributed by atoms with E-state index in [0.717, 1.165) is 5.56 Å². The van der Waals surface area contributed by atoms with Crippen LogP contribution in [0.25, 0.3) is 0 Å². The third-order valence-corrected chi connectivity index (χ3v) is 2.92. The Labute approximate surface area is 126 Å². The molecule has 6 nitrogen and oxygen atoms in total. The van der Waals surface area contributed by atoms with E-state index in [4.69, 9.17) is 0 Å². The maximum absolute atomic E-state index is 13.7. The van der Waals surface area contributed by atoms with E-state index < -0.39 is 23.7 Å². The number of amides is 2. The lowest BCUT2D eigenvalue weighted by molar-refractivity contribution is -0.117. The molecule has 7 heteroatoms. The van der Waals surface area contributed by atoms with Crippen LogP contribution in [-0.2, 0) is 4.79 Å². The van der Waals surface area contributed by atoms with Gasteiger partial charge in [0.1, 0.15) is 17.6 Å². The number of nitrogens with zero attached hydrogens (tertiary/aromatic N) is 2. The fraction of sp³-hybridized carbons (Fsp3) is 0.200. The van der Waals surface area contributed by atoms with E-state index in [0.29, 0.717) is 0 Å². The van der Waals surface area contributed by atoms with Gasteiger partial charge < -0.3 is 10.6 Å². The Kier molecular flexibility index (Phi) is 4.77. The number of rotatable bonds is 4. The molecule has 0 bridgehead atoms. The van der Waals surface area contributed by atoms with Crippen molar-refractivity contribution in [3.8, 4) is 0 Å². The molecule has 1 aromatic carbocycles. The SMILES string of the molecule is Cc1ccc(NC(=O)[C@H](C)NC(=O)c2cnccn2)c(F)c1. The molecular formula is C15H15FN4O2. The van der Waals surface area contributed by atoms with Crippen molar-refractivity contribution in [1.29, 1.82) is 0 Å². The Balaban J connectivity index is 1.99. The number of hydrogen-bond acceptors (Lipinski definition) is 4. The second-order valence-corrected chi connectivity index (χ2v) is 4.76. The molecule has 0 unspecified atom stereocenters. The van der Waals surface area contributed by atoms with Gasteiger partial charge in [-0.1, -0.05) is 6.07 Å². The van der Waals surface area contributed by atoms with Gasteiger partial charge in [-0.15, -0.1) is 0 Å². The van der Waals surface area contributed by atoms with Crippen LogP contribution in [-0.4, -0.2) is 27.8 Å². The molecule has 1 atom stereocenters. The van der Waals surface area contributed by atoms with Crippen molar-refractivity contribution >= 4 is 17.5 Å². The highest BCUT2D eigenvalue weighted by atomic mass is 19.1. The second-order valence-electron chi connectivity index (χ2n) is 4.76. The number of carbonyl (C=O) groups is 2. The van der Waals surface area contributed by atoms with E-state index >= 15 is 0 Å². The average molecular weight is 302 g/mol. The number of carbonyl (C=O) groups excluding carboxylic acids is 2. The maximum Gasteiger partial charge on any atom is 0.272 e. The zero-order chi connectivity index (χ0) is 16.1. The molecule has 0 aliphatic rings. The first kappa shape index (κ1) is 15.6. The molecule has 0 spiro atoms. The number of hydrogen-bond donors (Lipinski definition) is 2. The predicted octanol–water partition coefficient (Wildman–Crippen LogP) is 1.68. The summed E-state index contributed by atoms with van der Waals surface area (Å²) in [5, 5.41) is 4.90. The fourth-order valence-corrected chi connectivity index (χ4v) is 1.71. The van der Waals surface area contributed by atoms with Crippen molar-refractivity contribution in [2.75, 3.05) is 5.32 Å². The zero-order valence-corrected chi connectivity index (χ0v) is 12.1. The number of aryl methyl sites for hydroxylation is 1. The molecule has 1 heterocycles. The van der Waals surface area contributed by atoms with Gasteiger partial charge in [0.05, 0.1) is 11.9 Å². The van der Waals surface area contributed by atoms with Crippen molar-refractivity contribution in [2.24, 2.45) is 0 Å². The van der Waals surface area contributed by atoms with Gasteiger partial charge in [-0.25, -0.2) is 9.37 Å². The summed E-state index contributed by atoms with van der Waals surface area (Å²) < 4.78 is 13.7. The number of halogens is 1. The van der Waals surface area contributed by atoms with Crippen LogP contribution in [0.2, 0.25) is 0 Å². The molecule has 114 valence electrons. The summed E-state index contributed by atoms with van der Waals surface area (Å²) in [6.07, 6.45) is 4.11. The molecule has 2 N–H and O–H groups in total. The van der Waals surface area contributed by atoms with Crippen LogP contribution in [0.15, 0.2) is 36.8 Å². The summed E-state index contributed by atoms with van der Waals surface area (Å²) in [6, 6.07) is 3.62. The van der Waals surface area contributed by atoms with Crippen LogP contribution in [0.4, 0.5) is 10.1 Å². The predicted molar refractivity (Wildman–Crippen MR) is 78.7 cm³/mol. The number of benzene rings is 1. The third-order valence-electron chi connectivity index (χ3n) is 2.92. The van der Waals surface area contributed by atoms with Gasteiger partial charge in [-0.05, 0) is 31.5 Å². The Morgan fingerprint density at radius 1 is 1.27 bits per heavy atom. The summed E-state index contributed by atoms with van der Waals surface area (Å²) in [5.74, 6) is -1.58. The van der Waals surface area contributed by atoms with E-state index in [9.17, 15) is 14.0 Å². The second kappa shape index (κ2) is 6.75. The molecule has 0 saturated carbocycles. The van der Waals surface area contributed by atoms with Crippen LogP contribution in [0.3, 0.4) is 0 Å². The van der Waals surface area contributed by atoms with E-state index in [1.807, 2.05) is 0 Å². The summed E-state index contributed by atoms with van der Waals surface area (Å²) >= 11 is 0. The largest absolute Gasteiger partial charge is 0.339 e. The smallest absolute Gasteiger partial charge is 0.272 e. The first-order valence-corrected chi connectivity index (χ1v) is 6.61. The van der Waals surface area contributed by atoms with E-state index in [2.05, 4.69) is 20.6 Å². The van der Waals surface area contributed by atoms with Gasteiger partial charge in [-0.3, -0.25) is 14.6 Å². The highest BCUT2D eigenvalue weighted by Crippen LogP contribution is 2.15. The minimum atomic E-state index is -0.852. The fourth-order valence-electron chi connectivity index (χ4n) is 1.71. The lowest BCUT2D eigenvalue weighted by atomic mass is 10.2. The molecule has 2 aromatic rings. The lowest BCUT2D eigenvalue weighted by Crippen LogP contribution is -2.42. The van der Waals surface area contributed by atoms with Crippen LogP contribution >= 0.6 is 0 Å². The molecule has 1 aromatic heterocycles. The quantitative estimate of drug-likeness (QED) is 0.900. The molecule has 0 saturated heterocycles. The minimum absolute atomic E-state index is 0.0659. The van der Waals surface area contributed by atoms with Crippen molar-refractivity contribution in [3.05, 3.63) is 53.9 Å². The van der Waals surface area contributed by atoms with E-state index in [-0.39, 0.29) is 11.4 Å². The van der Waals surface area contributed by atoms with Crippen LogP contribution < -0.4 is 10.6 Å². The lowest BCUT2D eigenvalue weighted by Gasteiger charge is -2.14. The van der Waals surface area contributed by atoms with Crippen molar-refractivity contribution in [3.63, 3.8) is 0 Å². The number of nitrogens with one attached hydrogen (secondary N) is 2. The molecule has 0 aliphatic heterocycles. The summed E-state index contributed by atoms with van der Waals surface area (Å²) in [7, 11) is 0. The molecule has 2 amide bonds.